The molecule has 1 amide bonds. The standard InChI is InChI=1S/C22H33N3O2/c1-25-20(26)22(24-21(25)23,14-16-8-3-2-4-9-16)15-27-19-13-7-11-17-10-5-6-12-18(17)19/h7,13,16-17H,2-6,8-12,14-15H2,1H3,(H2,23,24). The van der Waals surface area contributed by atoms with Gasteiger partial charge in [0.15, 0.2) is 11.5 Å². The highest BCUT2D eigenvalue weighted by Gasteiger charge is 2.50. The van der Waals surface area contributed by atoms with Crippen LogP contribution in [0, 0.1) is 17.2 Å². The Morgan fingerprint density at radius 1 is 1.22 bits per heavy atom. The van der Waals surface area contributed by atoms with Gasteiger partial charge in [0.25, 0.3) is 5.91 Å². The summed E-state index contributed by atoms with van der Waals surface area (Å²) >= 11 is 0. The number of allylic oxidation sites excluding steroid dienone is 3. The maximum absolute atomic E-state index is 13.1. The number of likely N-dealkylation sites (N-methyl/N-ethyl adjacent to an activating group) is 1. The molecule has 0 aromatic carbocycles. The molecule has 1 heterocycles. The van der Waals surface area contributed by atoms with Gasteiger partial charge in [0.05, 0.1) is 0 Å². The molecule has 148 valence electrons. The molecule has 5 heteroatoms. The Balaban J connectivity index is 1.53. The fourth-order valence-electron chi connectivity index (χ4n) is 5.42. The van der Waals surface area contributed by atoms with Crippen molar-refractivity contribution in [2.75, 3.05) is 13.7 Å². The monoisotopic (exact) mass is 371 g/mol. The Hall–Kier alpha value is -1.78. The molecule has 0 radical (unpaired) electrons. The van der Waals surface area contributed by atoms with E-state index in [9.17, 15) is 4.79 Å². The molecular formula is C22H33N3O2. The van der Waals surface area contributed by atoms with Crippen molar-refractivity contribution < 1.29 is 9.53 Å². The van der Waals surface area contributed by atoms with E-state index in [0.717, 1.165) is 25.0 Å². The minimum atomic E-state index is -0.781. The van der Waals surface area contributed by atoms with Crippen LogP contribution in [0.3, 0.4) is 0 Å². The van der Waals surface area contributed by atoms with E-state index < -0.39 is 5.54 Å². The quantitative estimate of drug-likeness (QED) is 0.764. The Morgan fingerprint density at radius 3 is 2.74 bits per heavy atom. The molecule has 0 spiro atoms. The van der Waals surface area contributed by atoms with Crippen LogP contribution in [0.2, 0.25) is 0 Å². The summed E-state index contributed by atoms with van der Waals surface area (Å²) in [6.45, 7) is 0.324. The van der Waals surface area contributed by atoms with Gasteiger partial charge in [0, 0.05) is 7.05 Å². The van der Waals surface area contributed by atoms with Gasteiger partial charge in [-0.25, -0.2) is 0 Å². The summed E-state index contributed by atoms with van der Waals surface area (Å²) in [5.74, 6) is 2.35. The lowest BCUT2D eigenvalue weighted by atomic mass is 9.78. The van der Waals surface area contributed by atoms with E-state index in [1.165, 1.54) is 61.8 Å². The fraction of sp³-hybridized carbons (Fsp3) is 0.727. The number of amides is 1. The van der Waals surface area contributed by atoms with E-state index >= 15 is 0 Å². The summed E-state index contributed by atoms with van der Waals surface area (Å²) in [5, 5.41) is 11.4. The molecule has 2 N–H and O–H groups in total. The van der Waals surface area contributed by atoms with Crippen molar-refractivity contribution in [2.45, 2.75) is 76.2 Å². The predicted molar refractivity (Wildman–Crippen MR) is 106 cm³/mol. The second kappa shape index (κ2) is 7.69. The maximum Gasteiger partial charge on any atom is 0.258 e. The minimum absolute atomic E-state index is 0.0105. The van der Waals surface area contributed by atoms with Gasteiger partial charge in [-0.1, -0.05) is 44.6 Å². The van der Waals surface area contributed by atoms with Crippen LogP contribution in [0.15, 0.2) is 23.5 Å². The zero-order valence-electron chi connectivity index (χ0n) is 16.6. The Labute approximate surface area is 162 Å². The Bertz CT molecular complexity index is 662. The van der Waals surface area contributed by atoms with Gasteiger partial charge in [-0.2, -0.15) is 0 Å². The maximum atomic E-state index is 13.1. The fourth-order valence-corrected chi connectivity index (χ4v) is 5.42. The number of carbonyl (C=O) groups is 1. The van der Waals surface area contributed by atoms with E-state index in [1.54, 1.807) is 7.05 Å². The number of hydrogen-bond donors (Lipinski definition) is 2. The molecule has 27 heavy (non-hydrogen) atoms. The highest BCUT2D eigenvalue weighted by atomic mass is 16.5. The molecule has 4 rings (SSSR count). The summed E-state index contributed by atoms with van der Waals surface area (Å²) in [6.07, 6.45) is 17.3. The molecule has 3 fully saturated rings. The number of ether oxygens (including phenoxy) is 1. The molecular weight excluding hydrogens is 338 g/mol. The van der Waals surface area contributed by atoms with Crippen LogP contribution in [0.1, 0.15) is 70.6 Å². The lowest BCUT2D eigenvalue weighted by Gasteiger charge is -2.34. The first-order valence-corrected chi connectivity index (χ1v) is 10.8. The van der Waals surface area contributed by atoms with E-state index in [2.05, 4.69) is 17.5 Å². The topological polar surface area (TPSA) is 65.4 Å². The van der Waals surface area contributed by atoms with Crippen molar-refractivity contribution in [3.63, 3.8) is 0 Å². The molecule has 2 atom stereocenters. The number of guanidine groups is 1. The highest BCUT2D eigenvalue weighted by molar-refractivity contribution is 6.07. The lowest BCUT2D eigenvalue weighted by Crippen LogP contribution is -2.52. The molecule has 3 aliphatic carbocycles. The molecule has 0 bridgehead atoms. The van der Waals surface area contributed by atoms with Gasteiger partial charge in [-0.05, 0) is 55.6 Å². The van der Waals surface area contributed by atoms with Crippen LogP contribution in [-0.4, -0.2) is 36.0 Å². The van der Waals surface area contributed by atoms with E-state index in [4.69, 9.17) is 10.1 Å². The zero-order chi connectivity index (χ0) is 18.9. The highest BCUT2D eigenvalue weighted by Crippen LogP contribution is 2.39. The molecule has 0 aromatic rings. The second-order valence-corrected chi connectivity index (χ2v) is 8.89. The van der Waals surface area contributed by atoms with E-state index in [-0.39, 0.29) is 11.9 Å². The molecule has 2 saturated carbocycles. The van der Waals surface area contributed by atoms with Crippen LogP contribution in [0.4, 0.5) is 0 Å². The largest absolute Gasteiger partial charge is 0.491 e. The summed E-state index contributed by atoms with van der Waals surface area (Å²) < 4.78 is 6.33. The molecule has 2 unspecified atom stereocenters. The summed E-state index contributed by atoms with van der Waals surface area (Å²) in [7, 11) is 1.69. The zero-order valence-corrected chi connectivity index (χ0v) is 16.6. The molecule has 1 saturated heterocycles. The van der Waals surface area contributed by atoms with Crippen molar-refractivity contribution >= 4 is 11.9 Å². The number of fused-ring (bicyclic) bond motifs is 1. The average molecular weight is 372 g/mol. The van der Waals surface area contributed by atoms with Gasteiger partial charge >= 0.3 is 0 Å². The van der Waals surface area contributed by atoms with Crippen LogP contribution in [-0.2, 0) is 9.53 Å². The van der Waals surface area contributed by atoms with Gasteiger partial charge < -0.3 is 10.1 Å². The molecule has 5 nitrogen and oxygen atoms in total. The summed E-state index contributed by atoms with van der Waals surface area (Å²) in [5.41, 5.74) is 0.669. The van der Waals surface area contributed by atoms with Crippen molar-refractivity contribution in [3.8, 4) is 0 Å². The predicted octanol–water partition coefficient (Wildman–Crippen LogP) is 4.11. The normalized spacial score (nSPS) is 31.9. The number of rotatable bonds is 5. The summed E-state index contributed by atoms with van der Waals surface area (Å²) in [4.78, 5) is 14.5. The first kappa shape index (κ1) is 18.6. The third-order valence-corrected chi connectivity index (χ3v) is 6.99. The number of nitrogens with one attached hydrogen (secondary N) is 2. The smallest absolute Gasteiger partial charge is 0.258 e. The lowest BCUT2D eigenvalue weighted by molar-refractivity contribution is -0.132. The van der Waals surface area contributed by atoms with Crippen molar-refractivity contribution in [1.82, 2.24) is 10.2 Å². The second-order valence-electron chi connectivity index (χ2n) is 8.89. The first-order valence-electron chi connectivity index (χ1n) is 10.8. The van der Waals surface area contributed by atoms with Crippen LogP contribution in [0.5, 0.6) is 0 Å². The van der Waals surface area contributed by atoms with Gasteiger partial charge in [-0.15, -0.1) is 0 Å². The van der Waals surface area contributed by atoms with Gasteiger partial charge in [-0.3, -0.25) is 15.1 Å². The van der Waals surface area contributed by atoms with Crippen molar-refractivity contribution in [1.29, 1.82) is 5.41 Å². The first-order chi connectivity index (χ1) is 13.1. The Morgan fingerprint density at radius 2 is 2.00 bits per heavy atom. The van der Waals surface area contributed by atoms with Crippen LogP contribution < -0.4 is 5.32 Å². The van der Waals surface area contributed by atoms with Gasteiger partial charge in [0.2, 0.25) is 0 Å². The molecule has 1 aliphatic heterocycles. The van der Waals surface area contributed by atoms with Gasteiger partial charge in [0.1, 0.15) is 12.4 Å². The average Bonchev–Trinajstić information content (AvgIpc) is 2.91. The van der Waals surface area contributed by atoms with Crippen LogP contribution >= 0.6 is 0 Å². The third-order valence-electron chi connectivity index (χ3n) is 6.99. The molecule has 0 aromatic heterocycles. The summed E-state index contributed by atoms with van der Waals surface area (Å²) in [6, 6.07) is 0. The molecule has 4 aliphatic rings. The van der Waals surface area contributed by atoms with E-state index in [1.807, 2.05) is 0 Å². The van der Waals surface area contributed by atoms with Crippen LogP contribution in [0.25, 0.3) is 0 Å². The number of hydrogen-bond acceptors (Lipinski definition) is 3. The van der Waals surface area contributed by atoms with E-state index in [0.29, 0.717) is 18.4 Å². The third kappa shape index (κ3) is 3.65. The van der Waals surface area contributed by atoms with Crippen molar-refractivity contribution in [2.24, 2.45) is 11.8 Å². The SMILES string of the molecule is CN1C(=N)NC(COC2=C3CCCCC3CC=C2)(CC2CCCCC2)C1=O. The minimum Gasteiger partial charge on any atom is -0.491 e. The number of nitrogens with zero attached hydrogens (tertiary/aromatic N) is 1. The van der Waals surface area contributed by atoms with Crippen molar-refractivity contribution in [3.05, 3.63) is 23.5 Å². The Kier molecular flexibility index (Phi) is 5.29. The number of carbonyl (C=O) groups excluding carboxylic acids is 1.